The average Bonchev–Trinajstić information content (AvgIpc) is 2.93. The Morgan fingerprint density at radius 2 is 1.81 bits per heavy atom. The highest BCUT2D eigenvalue weighted by Gasteiger charge is 2.34. The van der Waals surface area contributed by atoms with Gasteiger partial charge in [-0.3, -0.25) is 0 Å². The minimum Gasteiger partial charge on any atom is -0.387 e. The number of sulfone groups is 1. The molecule has 5 rings (SSSR count). The monoisotopic (exact) mass is 619 g/mol. The number of aryl methyl sites for hydroxylation is 1. The number of rotatable bonds is 8. The Balaban J connectivity index is 1.50. The Morgan fingerprint density at radius 3 is 2.50 bits per heavy atom. The SMILES string of the molecule is CCc1cc(-c2ccc(CS(=O)(=O)c3ccccc3Cl)nc2OC(F)(F)F)cc2cnc(NC3CCC(N)CC3)nc12. The summed E-state index contributed by atoms with van der Waals surface area (Å²) in [6.45, 7) is 1.92. The molecule has 0 amide bonds. The molecule has 222 valence electrons. The maximum absolute atomic E-state index is 13.4. The number of benzene rings is 2. The second-order valence-electron chi connectivity index (χ2n) is 10.3. The Kier molecular flexibility index (Phi) is 8.58. The molecule has 0 radical (unpaired) electrons. The van der Waals surface area contributed by atoms with Crippen molar-refractivity contribution in [1.29, 1.82) is 0 Å². The van der Waals surface area contributed by atoms with Gasteiger partial charge >= 0.3 is 6.36 Å². The van der Waals surface area contributed by atoms with Crippen LogP contribution in [-0.2, 0) is 22.0 Å². The molecule has 1 saturated carbocycles. The number of ether oxygens (including phenoxy) is 1. The number of alkyl halides is 3. The molecule has 13 heteroatoms. The van der Waals surface area contributed by atoms with Gasteiger partial charge in [-0.1, -0.05) is 30.7 Å². The van der Waals surface area contributed by atoms with Crippen molar-refractivity contribution in [2.24, 2.45) is 5.73 Å². The Bertz CT molecular complexity index is 1710. The molecule has 1 aliphatic carbocycles. The summed E-state index contributed by atoms with van der Waals surface area (Å²) in [5.41, 5.74) is 7.80. The number of hydrogen-bond acceptors (Lipinski definition) is 8. The zero-order chi connectivity index (χ0) is 30.1. The minimum atomic E-state index is -5.06. The molecule has 0 unspecified atom stereocenters. The van der Waals surface area contributed by atoms with E-state index in [-0.39, 0.29) is 33.3 Å². The summed E-state index contributed by atoms with van der Waals surface area (Å²) in [5, 5.41) is 4.01. The molecule has 4 aromatic rings. The van der Waals surface area contributed by atoms with Crippen LogP contribution in [0.3, 0.4) is 0 Å². The van der Waals surface area contributed by atoms with Crippen molar-refractivity contribution in [3.63, 3.8) is 0 Å². The molecule has 2 heterocycles. The topological polar surface area (TPSA) is 120 Å². The lowest BCUT2D eigenvalue weighted by molar-refractivity contribution is -0.275. The normalized spacial score (nSPS) is 17.8. The molecule has 42 heavy (non-hydrogen) atoms. The zero-order valence-electron chi connectivity index (χ0n) is 22.7. The van der Waals surface area contributed by atoms with Gasteiger partial charge in [-0.05, 0) is 79.6 Å². The Labute approximate surface area is 246 Å². The van der Waals surface area contributed by atoms with E-state index in [0.29, 0.717) is 28.8 Å². The molecule has 0 spiro atoms. The number of nitrogens with zero attached hydrogens (tertiary/aromatic N) is 3. The highest BCUT2D eigenvalue weighted by molar-refractivity contribution is 7.90. The first-order valence-electron chi connectivity index (χ1n) is 13.5. The number of anilines is 1. The second kappa shape index (κ2) is 12.0. The molecular weight excluding hydrogens is 591 g/mol. The molecule has 1 fully saturated rings. The quantitative estimate of drug-likeness (QED) is 0.231. The van der Waals surface area contributed by atoms with Gasteiger partial charge < -0.3 is 15.8 Å². The van der Waals surface area contributed by atoms with Crippen molar-refractivity contribution in [3.05, 3.63) is 71.0 Å². The van der Waals surface area contributed by atoms with Crippen molar-refractivity contribution in [3.8, 4) is 17.0 Å². The number of hydrogen-bond donors (Lipinski definition) is 2. The first-order valence-corrected chi connectivity index (χ1v) is 15.5. The number of nitrogens with two attached hydrogens (primary N) is 1. The summed E-state index contributed by atoms with van der Waals surface area (Å²) < 4.78 is 70.6. The van der Waals surface area contributed by atoms with Gasteiger partial charge in [0.15, 0.2) is 9.84 Å². The van der Waals surface area contributed by atoms with Crippen LogP contribution in [0.25, 0.3) is 22.0 Å². The smallest absolute Gasteiger partial charge is 0.387 e. The lowest BCUT2D eigenvalue weighted by atomic mass is 9.92. The fourth-order valence-electron chi connectivity index (χ4n) is 5.10. The number of aromatic nitrogens is 3. The second-order valence-corrected chi connectivity index (χ2v) is 12.6. The zero-order valence-corrected chi connectivity index (χ0v) is 24.2. The van der Waals surface area contributed by atoms with Crippen molar-refractivity contribution >= 4 is 38.3 Å². The molecule has 1 aliphatic rings. The van der Waals surface area contributed by atoms with Gasteiger partial charge in [0.25, 0.3) is 0 Å². The maximum Gasteiger partial charge on any atom is 0.574 e. The van der Waals surface area contributed by atoms with Crippen molar-refractivity contribution < 1.29 is 26.3 Å². The first-order chi connectivity index (χ1) is 19.9. The molecular formula is C29H29ClF3N5O3S. The molecule has 0 saturated heterocycles. The number of halogens is 4. The van der Waals surface area contributed by atoms with E-state index in [1.165, 1.54) is 30.3 Å². The van der Waals surface area contributed by atoms with Crippen LogP contribution in [0.15, 0.2) is 59.6 Å². The van der Waals surface area contributed by atoms with Gasteiger partial charge in [-0.2, -0.15) is 0 Å². The lowest BCUT2D eigenvalue weighted by Gasteiger charge is -2.26. The van der Waals surface area contributed by atoms with Crippen molar-refractivity contribution in [2.75, 3.05) is 5.32 Å². The summed E-state index contributed by atoms with van der Waals surface area (Å²) in [5.74, 6) is -0.942. The number of fused-ring (bicyclic) bond motifs is 1. The average molecular weight is 620 g/mol. The standard InChI is InChI=1S/C29H29ClF3N5O3S/c1-2-17-13-18(14-19-15-35-28(38-26(17)19)37-21-9-7-20(34)8-10-21)23-12-11-22(36-27(23)41-29(31,32)33)16-42(39,40)25-6-4-3-5-24(25)30/h3-6,11-15,20-21H,2,7-10,16,34H2,1H3,(H,35,37,38). The van der Waals surface area contributed by atoms with Crippen LogP contribution in [0.1, 0.15) is 43.9 Å². The highest BCUT2D eigenvalue weighted by atomic mass is 35.5. The Morgan fingerprint density at radius 1 is 1.07 bits per heavy atom. The summed E-state index contributed by atoms with van der Waals surface area (Å²) in [4.78, 5) is 13.0. The third kappa shape index (κ3) is 6.93. The lowest BCUT2D eigenvalue weighted by Crippen LogP contribution is -2.33. The molecule has 0 atom stereocenters. The molecule has 3 N–H and O–H groups in total. The van der Waals surface area contributed by atoms with E-state index in [1.54, 1.807) is 24.4 Å². The number of nitrogens with one attached hydrogen (secondary N) is 1. The van der Waals surface area contributed by atoms with Crippen LogP contribution in [-0.4, -0.2) is 41.8 Å². The third-order valence-electron chi connectivity index (χ3n) is 7.20. The maximum atomic E-state index is 13.4. The highest BCUT2D eigenvalue weighted by Crippen LogP contribution is 2.36. The van der Waals surface area contributed by atoms with Crippen LogP contribution in [0, 0.1) is 0 Å². The third-order valence-corrected chi connectivity index (χ3v) is 9.34. The molecule has 2 aromatic heterocycles. The van der Waals surface area contributed by atoms with E-state index < -0.39 is 27.8 Å². The first kappa shape index (κ1) is 30.0. The fourth-order valence-corrected chi connectivity index (χ4v) is 6.94. The van der Waals surface area contributed by atoms with E-state index in [0.717, 1.165) is 31.2 Å². The Hall–Kier alpha value is -3.48. The fraction of sp³-hybridized carbons (Fsp3) is 0.345. The molecule has 0 bridgehead atoms. The summed E-state index contributed by atoms with van der Waals surface area (Å²) >= 11 is 6.05. The van der Waals surface area contributed by atoms with Gasteiger partial charge in [0.05, 0.1) is 26.9 Å². The predicted molar refractivity (Wildman–Crippen MR) is 155 cm³/mol. The summed E-state index contributed by atoms with van der Waals surface area (Å²) in [7, 11) is -4.00. The molecule has 0 aliphatic heterocycles. The van der Waals surface area contributed by atoms with E-state index in [2.05, 4.69) is 20.0 Å². The van der Waals surface area contributed by atoms with Gasteiger partial charge in [-0.15, -0.1) is 13.2 Å². The van der Waals surface area contributed by atoms with E-state index in [9.17, 15) is 21.6 Å². The van der Waals surface area contributed by atoms with Crippen LogP contribution >= 0.6 is 11.6 Å². The molecule has 2 aromatic carbocycles. The predicted octanol–water partition coefficient (Wildman–Crippen LogP) is 6.46. The van der Waals surface area contributed by atoms with Crippen LogP contribution in [0.4, 0.5) is 19.1 Å². The van der Waals surface area contributed by atoms with E-state index in [4.69, 9.17) is 22.3 Å². The number of pyridine rings is 1. The van der Waals surface area contributed by atoms with Crippen LogP contribution in [0.5, 0.6) is 5.88 Å². The largest absolute Gasteiger partial charge is 0.574 e. The van der Waals surface area contributed by atoms with E-state index >= 15 is 0 Å². The van der Waals surface area contributed by atoms with Gasteiger partial charge in [0, 0.05) is 29.2 Å². The molecule has 8 nitrogen and oxygen atoms in total. The van der Waals surface area contributed by atoms with Crippen molar-refractivity contribution in [1.82, 2.24) is 15.0 Å². The van der Waals surface area contributed by atoms with E-state index in [1.807, 2.05) is 6.92 Å². The van der Waals surface area contributed by atoms with Crippen molar-refractivity contribution in [2.45, 2.75) is 68.1 Å². The summed E-state index contributed by atoms with van der Waals surface area (Å²) in [6.07, 6.45) is 0.824. The van der Waals surface area contributed by atoms with Crippen LogP contribution in [0.2, 0.25) is 5.02 Å². The minimum absolute atomic E-state index is 0.00709. The van der Waals surface area contributed by atoms with Gasteiger partial charge in [0.1, 0.15) is 0 Å². The van der Waals surface area contributed by atoms with Gasteiger partial charge in [0.2, 0.25) is 11.8 Å². The van der Waals surface area contributed by atoms with Crippen LogP contribution < -0.4 is 15.8 Å². The summed E-state index contributed by atoms with van der Waals surface area (Å²) in [6, 6.07) is 12.4. The van der Waals surface area contributed by atoms with Gasteiger partial charge in [-0.25, -0.2) is 23.4 Å².